The smallest absolute Gasteiger partial charge is 0.221 e. The van der Waals surface area contributed by atoms with Crippen molar-refractivity contribution in [2.24, 2.45) is 0 Å². The SMILES string of the molecule is CC(C)Oc1ccccc1CNC(=O)CC1COCCN1.Cl. The van der Waals surface area contributed by atoms with Gasteiger partial charge in [-0.2, -0.15) is 0 Å². The van der Waals surface area contributed by atoms with E-state index >= 15 is 0 Å². The Hall–Kier alpha value is -1.30. The van der Waals surface area contributed by atoms with Gasteiger partial charge < -0.3 is 20.1 Å². The molecule has 1 aromatic carbocycles. The van der Waals surface area contributed by atoms with Gasteiger partial charge in [-0.25, -0.2) is 0 Å². The van der Waals surface area contributed by atoms with Crippen LogP contribution >= 0.6 is 12.4 Å². The zero-order chi connectivity index (χ0) is 15.1. The highest BCUT2D eigenvalue weighted by molar-refractivity contribution is 5.85. The molecule has 22 heavy (non-hydrogen) atoms. The summed E-state index contributed by atoms with van der Waals surface area (Å²) in [6.45, 7) is 6.59. The van der Waals surface area contributed by atoms with Crippen LogP contribution < -0.4 is 15.4 Å². The van der Waals surface area contributed by atoms with Gasteiger partial charge in [-0.15, -0.1) is 12.4 Å². The van der Waals surface area contributed by atoms with E-state index in [1.54, 1.807) is 0 Å². The van der Waals surface area contributed by atoms with Crippen LogP contribution in [0.5, 0.6) is 5.75 Å². The summed E-state index contributed by atoms with van der Waals surface area (Å²) in [5.74, 6) is 0.851. The second kappa shape index (κ2) is 9.66. The molecule has 1 aliphatic rings. The first kappa shape index (κ1) is 18.7. The van der Waals surface area contributed by atoms with Crippen LogP contribution in [0.15, 0.2) is 24.3 Å². The van der Waals surface area contributed by atoms with Gasteiger partial charge in [-0.05, 0) is 19.9 Å². The molecule has 1 heterocycles. The lowest BCUT2D eigenvalue weighted by atomic mass is 10.1. The standard InChI is InChI=1S/C16H24N2O3.ClH/c1-12(2)21-15-6-4-3-5-13(15)10-18-16(19)9-14-11-20-8-7-17-14;/h3-6,12,14,17H,7-11H2,1-2H3,(H,18,19);1H. The minimum atomic E-state index is 0. The molecule has 2 N–H and O–H groups in total. The molecule has 0 aliphatic carbocycles. The summed E-state index contributed by atoms with van der Waals surface area (Å²) < 4.78 is 11.1. The summed E-state index contributed by atoms with van der Waals surface area (Å²) in [4.78, 5) is 12.0. The normalized spacial score (nSPS) is 17.7. The summed E-state index contributed by atoms with van der Waals surface area (Å²) in [5.41, 5.74) is 0.993. The number of rotatable bonds is 6. The van der Waals surface area contributed by atoms with Crippen molar-refractivity contribution in [2.45, 2.75) is 39.0 Å². The Kier molecular flexibility index (Phi) is 8.24. The first-order chi connectivity index (χ1) is 10.1. The van der Waals surface area contributed by atoms with Crippen LogP contribution in [0.2, 0.25) is 0 Å². The monoisotopic (exact) mass is 328 g/mol. The van der Waals surface area contributed by atoms with Gasteiger partial charge in [0.05, 0.1) is 19.3 Å². The number of ether oxygens (including phenoxy) is 2. The maximum atomic E-state index is 12.0. The van der Waals surface area contributed by atoms with E-state index in [1.165, 1.54) is 0 Å². The Morgan fingerprint density at radius 3 is 2.91 bits per heavy atom. The average Bonchev–Trinajstić information content (AvgIpc) is 2.47. The van der Waals surface area contributed by atoms with Crippen molar-refractivity contribution in [2.75, 3.05) is 19.8 Å². The zero-order valence-corrected chi connectivity index (χ0v) is 13.9. The number of benzene rings is 1. The summed E-state index contributed by atoms with van der Waals surface area (Å²) >= 11 is 0. The molecular formula is C16H25ClN2O3. The van der Waals surface area contributed by atoms with Crippen LogP contribution in [0, 0.1) is 0 Å². The van der Waals surface area contributed by atoms with Gasteiger partial charge in [0.15, 0.2) is 0 Å². The molecule has 1 amide bonds. The van der Waals surface area contributed by atoms with Gasteiger partial charge in [-0.3, -0.25) is 4.79 Å². The molecular weight excluding hydrogens is 304 g/mol. The molecule has 0 bridgehead atoms. The molecule has 124 valence electrons. The van der Waals surface area contributed by atoms with Crippen LogP contribution in [0.4, 0.5) is 0 Å². The van der Waals surface area contributed by atoms with Gasteiger partial charge in [0.25, 0.3) is 0 Å². The van der Waals surface area contributed by atoms with Gasteiger partial charge >= 0.3 is 0 Å². The van der Waals surface area contributed by atoms with Crippen LogP contribution in [-0.4, -0.2) is 37.8 Å². The van der Waals surface area contributed by atoms with Crippen molar-refractivity contribution in [3.63, 3.8) is 0 Å². The fourth-order valence-electron chi connectivity index (χ4n) is 2.26. The van der Waals surface area contributed by atoms with Crippen LogP contribution in [0.3, 0.4) is 0 Å². The van der Waals surface area contributed by atoms with E-state index in [1.807, 2.05) is 38.1 Å². The predicted octanol–water partition coefficient (Wildman–Crippen LogP) is 1.89. The van der Waals surface area contributed by atoms with Gasteiger partial charge in [0, 0.05) is 31.1 Å². The highest BCUT2D eigenvalue weighted by Crippen LogP contribution is 2.19. The fourth-order valence-corrected chi connectivity index (χ4v) is 2.26. The number of nitrogens with one attached hydrogen (secondary N) is 2. The van der Waals surface area contributed by atoms with Crippen LogP contribution in [0.25, 0.3) is 0 Å². The summed E-state index contributed by atoms with van der Waals surface area (Å²) in [7, 11) is 0. The Labute approximate surface area is 138 Å². The molecule has 1 unspecified atom stereocenters. The molecule has 0 radical (unpaired) electrons. The largest absolute Gasteiger partial charge is 0.491 e. The summed E-state index contributed by atoms with van der Waals surface area (Å²) in [6, 6.07) is 7.90. The van der Waals surface area contributed by atoms with Gasteiger partial charge in [0.2, 0.25) is 5.91 Å². The topological polar surface area (TPSA) is 59.6 Å². The minimum Gasteiger partial charge on any atom is -0.491 e. The first-order valence-electron chi connectivity index (χ1n) is 7.47. The molecule has 1 aliphatic heterocycles. The lowest BCUT2D eigenvalue weighted by molar-refractivity contribution is -0.122. The molecule has 6 heteroatoms. The summed E-state index contributed by atoms with van der Waals surface area (Å²) in [5, 5.41) is 6.22. The lowest BCUT2D eigenvalue weighted by Crippen LogP contribution is -2.44. The molecule has 0 spiro atoms. The number of para-hydroxylation sites is 1. The molecule has 1 aromatic rings. The van der Waals surface area contributed by atoms with Crippen molar-refractivity contribution >= 4 is 18.3 Å². The van der Waals surface area contributed by atoms with Gasteiger partial charge in [0.1, 0.15) is 5.75 Å². The number of halogens is 1. The Balaban J connectivity index is 0.00000242. The van der Waals surface area contributed by atoms with E-state index in [2.05, 4.69) is 10.6 Å². The Bertz CT molecular complexity index is 462. The van der Waals surface area contributed by atoms with E-state index in [0.29, 0.717) is 19.6 Å². The van der Waals surface area contributed by atoms with Gasteiger partial charge in [-0.1, -0.05) is 18.2 Å². The lowest BCUT2D eigenvalue weighted by Gasteiger charge is -2.23. The third kappa shape index (κ3) is 6.22. The maximum absolute atomic E-state index is 12.0. The second-order valence-corrected chi connectivity index (χ2v) is 5.48. The van der Waals surface area contributed by atoms with E-state index < -0.39 is 0 Å². The number of hydrogen-bond acceptors (Lipinski definition) is 4. The van der Waals surface area contributed by atoms with E-state index in [9.17, 15) is 4.79 Å². The van der Waals surface area contributed by atoms with Crippen molar-refractivity contribution < 1.29 is 14.3 Å². The molecule has 0 aromatic heterocycles. The minimum absolute atomic E-state index is 0. The molecule has 5 nitrogen and oxygen atoms in total. The Morgan fingerprint density at radius 1 is 1.45 bits per heavy atom. The third-order valence-electron chi connectivity index (χ3n) is 3.24. The highest BCUT2D eigenvalue weighted by atomic mass is 35.5. The van der Waals surface area contributed by atoms with E-state index in [4.69, 9.17) is 9.47 Å². The second-order valence-electron chi connectivity index (χ2n) is 5.48. The molecule has 1 atom stereocenters. The fraction of sp³-hybridized carbons (Fsp3) is 0.562. The first-order valence-corrected chi connectivity index (χ1v) is 7.47. The van der Waals surface area contributed by atoms with E-state index in [-0.39, 0.29) is 30.5 Å². The predicted molar refractivity (Wildman–Crippen MR) is 88.5 cm³/mol. The maximum Gasteiger partial charge on any atom is 0.221 e. The van der Waals surface area contributed by atoms with Crippen molar-refractivity contribution in [3.05, 3.63) is 29.8 Å². The van der Waals surface area contributed by atoms with Crippen molar-refractivity contribution in [1.82, 2.24) is 10.6 Å². The molecule has 1 fully saturated rings. The third-order valence-corrected chi connectivity index (χ3v) is 3.24. The molecule has 1 saturated heterocycles. The van der Waals surface area contributed by atoms with E-state index in [0.717, 1.165) is 24.5 Å². The number of carbonyl (C=O) groups excluding carboxylic acids is 1. The van der Waals surface area contributed by atoms with Crippen molar-refractivity contribution in [1.29, 1.82) is 0 Å². The summed E-state index contributed by atoms with van der Waals surface area (Å²) in [6.07, 6.45) is 0.554. The highest BCUT2D eigenvalue weighted by Gasteiger charge is 2.16. The van der Waals surface area contributed by atoms with Crippen LogP contribution in [-0.2, 0) is 16.1 Å². The van der Waals surface area contributed by atoms with Crippen LogP contribution in [0.1, 0.15) is 25.8 Å². The number of carbonyl (C=O) groups is 1. The Morgan fingerprint density at radius 2 is 2.23 bits per heavy atom. The molecule has 2 rings (SSSR count). The number of morpholine rings is 1. The number of amides is 1. The molecule has 0 saturated carbocycles. The zero-order valence-electron chi connectivity index (χ0n) is 13.1. The quantitative estimate of drug-likeness (QED) is 0.837. The number of hydrogen-bond donors (Lipinski definition) is 2. The van der Waals surface area contributed by atoms with Crippen molar-refractivity contribution in [3.8, 4) is 5.75 Å². The average molecular weight is 329 g/mol.